The van der Waals surface area contributed by atoms with Gasteiger partial charge in [0.1, 0.15) is 11.8 Å². The zero-order valence-corrected chi connectivity index (χ0v) is 19.4. The SMILES string of the molecule is CCCC(C(=O)O)N(OCc1ccccc1)S(=O)(=O)c1ccc(-c2ccc(OC)cc2)cc1. The fourth-order valence-electron chi connectivity index (χ4n) is 3.34. The van der Waals surface area contributed by atoms with Crippen LogP contribution in [0.4, 0.5) is 0 Å². The van der Waals surface area contributed by atoms with Gasteiger partial charge in [0.25, 0.3) is 10.0 Å². The molecule has 0 spiro atoms. The van der Waals surface area contributed by atoms with Gasteiger partial charge in [0.2, 0.25) is 0 Å². The van der Waals surface area contributed by atoms with Crippen LogP contribution in [0, 0.1) is 0 Å². The summed E-state index contributed by atoms with van der Waals surface area (Å²) in [4.78, 5) is 17.5. The second-order valence-corrected chi connectivity index (χ2v) is 9.20. The molecule has 0 aliphatic rings. The molecule has 1 unspecified atom stereocenters. The predicted octanol–water partition coefficient (Wildman–Crippen LogP) is 4.74. The number of hydroxylamine groups is 1. The molecule has 0 amide bonds. The lowest BCUT2D eigenvalue weighted by molar-refractivity contribution is -0.166. The zero-order chi connectivity index (χ0) is 23.8. The number of aliphatic carboxylic acids is 1. The Hall–Kier alpha value is -3.20. The summed E-state index contributed by atoms with van der Waals surface area (Å²) < 4.78 is 32.7. The van der Waals surface area contributed by atoms with Crippen LogP contribution in [0.1, 0.15) is 25.3 Å². The average molecular weight is 470 g/mol. The first-order valence-corrected chi connectivity index (χ1v) is 12.0. The average Bonchev–Trinajstić information content (AvgIpc) is 2.84. The van der Waals surface area contributed by atoms with Gasteiger partial charge >= 0.3 is 5.97 Å². The third kappa shape index (κ3) is 5.98. The van der Waals surface area contributed by atoms with E-state index in [1.165, 1.54) is 12.1 Å². The third-order valence-corrected chi connectivity index (χ3v) is 6.82. The molecule has 0 saturated heterocycles. The number of carbonyl (C=O) groups is 1. The first-order valence-electron chi connectivity index (χ1n) is 10.6. The van der Waals surface area contributed by atoms with Crippen LogP contribution in [0.5, 0.6) is 5.75 Å². The lowest BCUT2D eigenvalue weighted by atomic mass is 10.1. The van der Waals surface area contributed by atoms with Crippen molar-refractivity contribution >= 4 is 16.0 Å². The second-order valence-electron chi connectivity index (χ2n) is 7.42. The summed E-state index contributed by atoms with van der Waals surface area (Å²) in [6.45, 7) is 1.72. The number of nitrogens with zero attached hydrogens (tertiary/aromatic N) is 1. The first-order chi connectivity index (χ1) is 15.9. The largest absolute Gasteiger partial charge is 0.497 e. The normalized spacial score (nSPS) is 12.5. The smallest absolute Gasteiger partial charge is 0.324 e. The van der Waals surface area contributed by atoms with Crippen molar-refractivity contribution in [3.8, 4) is 16.9 Å². The predicted molar refractivity (Wildman–Crippen MR) is 125 cm³/mol. The maximum absolute atomic E-state index is 13.4. The first kappa shape index (κ1) is 24.4. The van der Waals surface area contributed by atoms with Crippen molar-refractivity contribution in [3.63, 3.8) is 0 Å². The molecule has 0 fully saturated rings. The van der Waals surface area contributed by atoms with Gasteiger partial charge in [0, 0.05) is 0 Å². The summed E-state index contributed by atoms with van der Waals surface area (Å²) in [7, 11) is -2.65. The van der Waals surface area contributed by atoms with Gasteiger partial charge in [0.15, 0.2) is 0 Å². The molecule has 8 heteroatoms. The Kier molecular flexibility index (Phi) is 8.21. The van der Waals surface area contributed by atoms with Crippen LogP contribution >= 0.6 is 0 Å². The molecule has 0 aliphatic carbocycles. The molecule has 3 aromatic rings. The topological polar surface area (TPSA) is 93.1 Å². The van der Waals surface area contributed by atoms with Crippen molar-refractivity contribution < 1.29 is 27.9 Å². The van der Waals surface area contributed by atoms with Gasteiger partial charge < -0.3 is 9.84 Å². The molecule has 1 N–H and O–H groups in total. The Labute approximate surface area is 194 Å². The molecule has 0 heterocycles. The van der Waals surface area contributed by atoms with Crippen molar-refractivity contribution in [2.45, 2.75) is 37.3 Å². The molecule has 33 heavy (non-hydrogen) atoms. The van der Waals surface area contributed by atoms with Crippen LogP contribution < -0.4 is 4.74 Å². The van der Waals surface area contributed by atoms with Crippen molar-refractivity contribution in [2.75, 3.05) is 7.11 Å². The highest BCUT2D eigenvalue weighted by Crippen LogP contribution is 2.27. The van der Waals surface area contributed by atoms with Gasteiger partial charge in [-0.3, -0.25) is 9.63 Å². The van der Waals surface area contributed by atoms with E-state index in [4.69, 9.17) is 9.57 Å². The quantitative estimate of drug-likeness (QED) is 0.408. The minimum atomic E-state index is -4.24. The second kappa shape index (κ2) is 11.1. The molecule has 1 atom stereocenters. The number of benzene rings is 3. The Balaban J connectivity index is 1.91. The highest BCUT2D eigenvalue weighted by Gasteiger charge is 2.37. The summed E-state index contributed by atoms with van der Waals surface area (Å²) in [5, 5.41) is 9.72. The Morgan fingerprint density at radius 3 is 2.03 bits per heavy atom. The monoisotopic (exact) mass is 469 g/mol. The molecule has 3 aromatic carbocycles. The van der Waals surface area contributed by atoms with Gasteiger partial charge in [0.05, 0.1) is 18.6 Å². The van der Waals surface area contributed by atoms with E-state index >= 15 is 0 Å². The van der Waals surface area contributed by atoms with Gasteiger partial charge in [-0.25, -0.2) is 8.42 Å². The van der Waals surface area contributed by atoms with Crippen molar-refractivity contribution in [3.05, 3.63) is 84.4 Å². The van der Waals surface area contributed by atoms with Gasteiger partial charge in [-0.05, 0) is 47.4 Å². The van der Waals surface area contributed by atoms with Gasteiger partial charge in [-0.2, -0.15) is 0 Å². The molecule has 0 radical (unpaired) electrons. The molecular formula is C25H27NO6S. The fraction of sp³-hybridized carbons (Fsp3) is 0.240. The third-order valence-electron chi connectivity index (χ3n) is 5.12. The van der Waals surface area contributed by atoms with Crippen molar-refractivity contribution in [2.24, 2.45) is 0 Å². The van der Waals surface area contributed by atoms with Gasteiger partial charge in [-0.1, -0.05) is 72.4 Å². The summed E-state index contributed by atoms with van der Waals surface area (Å²) >= 11 is 0. The highest BCUT2D eigenvalue weighted by molar-refractivity contribution is 7.89. The van der Waals surface area contributed by atoms with E-state index in [2.05, 4.69) is 0 Å². The molecule has 174 valence electrons. The number of hydrogen-bond acceptors (Lipinski definition) is 5. The Bertz CT molecular complexity index is 1150. The maximum atomic E-state index is 13.4. The summed E-state index contributed by atoms with van der Waals surface area (Å²) in [5.74, 6) is -0.539. The summed E-state index contributed by atoms with van der Waals surface area (Å²) in [6.07, 6.45) is 0.599. The highest BCUT2D eigenvalue weighted by atomic mass is 32.2. The Morgan fingerprint density at radius 2 is 1.52 bits per heavy atom. The number of ether oxygens (including phenoxy) is 1. The van der Waals surface area contributed by atoms with Crippen molar-refractivity contribution in [1.82, 2.24) is 4.47 Å². The number of sulfonamides is 1. The van der Waals surface area contributed by atoms with E-state index in [0.717, 1.165) is 22.4 Å². The molecular weight excluding hydrogens is 442 g/mol. The lowest BCUT2D eigenvalue weighted by Gasteiger charge is -2.27. The summed E-state index contributed by atoms with van der Waals surface area (Å²) in [6, 6.07) is 21.3. The van der Waals surface area contributed by atoms with E-state index in [9.17, 15) is 18.3 Å². The minimum Gasteiger partial charge on any atom is -0.497 e. The number of rotatable bonds is 11. The fourth-order valence-corrected chi connectivity index (χ4v) is 4.75. The van der Waals surface area contributed by atoms with Crippen LogP contribution in [-0.4, -0.2) is 37.1 Å². The van der Waals surface area contributed by atoms with Crippen LogP contribution in [-0.2, 0) is 26.3 Å². The van der Waals surface area contributed by atoms with E-state index in [0.29, 0.717) is 10.9 Å². The van der Waals surface area contributed by atoms with Crippen LogP contribution in [0.3, 0.4) is 0 Å². The molecule has 0 aliphatic heterocycles. The zero-order valence-electron chi connectivity index (χ0n) is 18.5. The van der Waals surface area contributed by atoms with E-state index < -0.39 is 22.0 Å². The van der Waals surface area contributed by atoms with Crippen LogP contribution in [0.25, 0.3) is 11.1 Å². The Morgan fingerprint density at radius 1 is 0.939 bits per heavy atom. The lowest BCUT2D eigenvalue weighted by Crippen LogP contribution is -2.44. The van der Waals surface area contributed by atoms with E-state index in [-0.39, 0.29) is 17.9 Å². The van der Waals surface area contributed by atoms with Gasteiger partial charge in [-0.15, -0.1) is 0 Å². The molecule has 7 nitrogen and oxygen atoms in total. The number of hydrogen-bond donors (Lipinski definition) is 1. The number of carboxylic acid groups (broad SMARTS) is 1. The molecule has 0 aromatic heterocycles. The maximum Gasteiger partial charge on any atom is 0.324 e. The minimum absolute atomic E-state index is 0.0461. The standard InChI is InChI=1S/C25H27NO6S/c1-3-7-24(25(27)28)26(32-18-19-8-5-4-6-9-19)33(29,30)23-16-12-21(13-17-23)20-10-14-22(31-2)15-11-20/h4-6,8-17,24H,3,7,18H2,1-2H3,(H,27,28). The van der Waals surface area contributed by atoms with Crippen molar-refractivity contribution in [1.29, 1.82) is 0 Å². The molecule has 3 rings (SSSR count). The van der Waals surface area contributed by atoms with Crippen LogP contribution in [0.15, 0.2) is 83.8 Å². The summed E-state index contributed by atoms with van der Waals surface area (Å²) in [5.41, 5.74) is 2.44. The van der Waals surface area contributed by atoms with E-state index in [1.54, 1.807) is 50.4 Å². The number of methoxy groups -OCH3 is 1. The van der Waals surface area contributed by atoms with Crippen LogP contribution in [0.2, 0.25) is 0 Å². The van der Waals surface area contributed by atoms with E-state index in [1.807, 2.05) is 30.3 Å². The molecule has 0 saturated carbocycles. The molecule has 0 bridgehead atoms. The number of carboxylic acids is 1.